The van der Waals surface area contributed by atoms with Crippen molar-refractivity contribution in [3.63, 3.8) is 0 Å². The molecule has 2 heteroatoms. The summed E-state index contributed by atoms with van der Waals surface area (Å²) in [4.78, 5) is 22.1. The van der Waals surface area contributed by atoms with E-state index in [1.807, 2.05) is 6.08 Å². The molecule has 0 fully saturated rings. The van der Waals surface area contributed by atoms with E-state index >= 15 is 0 Å². The van der Waals surface area contributed by atoms with E-state index in [4.69, 9.17) is 0 Å². The zero-order chi connectivity index (χ0) is 9.68. The molecule has 0 bridgehead atoms. The lowest BCUT2D eigenvalue weighted by molar-refractivity contribution is -0.114. The first-order valence-corrected chi connectivity index (χ1v) is 4.38. The molecule has 0 atom stereocenters. The minimum atomic E-state index is -0.115. The lowest BCUT2D eigenvalue weighted by Crippen LogP contribution is -2.05. The molecule has 1 aliphatic carbocycles. The highest BCUT2D eigenvalue weighted by Gasteiger charge is 2.09. The second kappa shape index (κ2) is 4.55. The van der Waals surface area contributed by atoms with Gasteiger partial charge in [0.1, 0.15) is 0 Å². The molecular weight excluding hydrogens is 164 g/mol. The SMILES string of the molecule is CCCC=CC1=CC(=O)C=CC1=O. The van der Waals surface area contributed by atoms with Crippen molar-refractivity contribution in [2.45, 2.75) is 19.8 Å². The van der Waals surface area contributed by atoms with Crippen LogP contribution in [0.5, 0.6) is 0 Å². The Morgan fingerprint density at radius 3 is 2.77 bits per heavy atom. The van der Waals surface area contributed by atoms with Gasteiger partial charge in [0.15, 0.2) is 11.6 Å². The number of unbranched alkanes of at least 4 members (excludes halogenated alkanes) is 1. The van der Waals surface area contributed by atoms with Crippen molar-refractivity contribution in [3.8, 4) is 0 Å². The average molecular weight is 176 g/mol. The van der Waals surface area contributed by atoms with Crippen LogP contribution in [0.1, 0.15) is 19.8 Å². The lowest BCUT2D eigenvalue weighted by Gasteiger charge is -1.99. The number of carbonyl (C=O) groups is 2. The predicted molar refractivity (Wildman–Crippen MR) is 51.3 cm³/mol. The Morgan fingerprint density at radius 2 is 2.08 bits per heavy atom. The average Bonchev–Trinajstić information content (AvgIpc) is 2.11. The van der Waals surface area contributed by atoms with E-state index in [9.17, 15) is 9.59 Å². The Kier molecular flexibility index (Phi) is 3.38. The Labute approximate surface area is 77.6 Å². The molecule has 1 rings (SSSR count). The lowest BCUT2D eigenvalue weighted by atomic mass is 10.0. The minimum absolute atomic E-state index is 0.0908. The van der Waals surface area contributed by atoms with Gasteiger partial charge in [-0.05, 0) is 24.6 Å². The van der Waals surface area contributed by atoms with Crippen LogP contribution in [0.25, 0.3) is 0 Å². The fourth-order valence-electron chi connectivity index (χ4n) is 1.03. The van der Waals surface area contributed by atoms with Gasteiger partial charge in [0, 0.05) is 5.57 Å². The molecule has 0 aromatic rings. The third kappa shape index (κ3) is 2.82. The highest BCUT2D eigenvalue weighted by Crippen LogP contribution is 2.07. The molecule has 0 saturated carbocycles. The van der Waals surface area contributed by atoms with Gasteiger partial charge in [-0.2, -0.15) is 0 Å². The normalized spacial score (nSPS) is 16.8. The molecule has 0 aromatic carbocycles. The highest BCUT2D eigenvalue weighted by molar-refractivity contribution is 6.18. The van der Waals surface area contributed by atoms with Gasteiger partial charge in [0.05, 0.1) is 0 Å². The standard InChI is InChI=1S/C11H12O2/c1-2-3-4-5-9-8-10(12)6-7-11(9)13/h4-8H,2-3H2,1H3. The van der Waals surface area contributed by atoms with Gasteiger partial charge in [-0.1, -0.05) is 25.5 Å². The van der Waals surface area contributed by atoms with Crippen molar-refractivity contribution >= 4 is 11.6 Å². The number of carbonyl (C=O) groups excluding carboxylic acids is 2. The second-order valence-corrected chi connectivity index (χ2v) is 2.89. The van der Waals surface area contributed by atoms with Gasteiger partial charge < -0.3 is 0 Å². The van der Waals surface area contributed by atoms with Gasteiger partial charge >= 0.3 is 0 Å². The summed E-state index contributed by atoms with van der Waals surface area (Å²) in [5.41, 5.74) is 0.487. The molecule has 2 nitrogen and oxygen atoms in total. The molecule has 1 aliphatic rings. The predicted octanol–water partition coefficient (Wildman–Crippen LogP) is 1.98. The van der Waals surface area contributed by atoms with Crippen LogP contribution in [-0.2, 0) is 9.59 Å². The third-order valence-electron chi connectivity index (χ3n) is 1.73. The van der Waals surface area contributed by atoms with Crippen LogP contribution in [0.3, 0.4) is 0 Å². The quantitative estimate of drug-likeness (QED) is 0.616. The van der Waals surface area contributed by atoms with Gasteiger partial charge in [-0.15, -0.1) is 0 Å². The molecule has 0 aliphatic heterocycles. The smallest absolute Gasteiger partial charge is 0.186 e. The molecule has 13 heavy (non-hydrogen) atoms. The van der Waals surface area contributed by atoms with Gasteiger partial charge in [-0.25, -0.2) is 0 Å². The summed E-state index contributed by atoms with van der Waals surface area (Å²) < 4.78 is 0. The van der Waals surface area contributed by atoms with Gasteiger partial charge in [0.25, 0.3) is 0 Å². The summed E-state index contributed by atoms with van der Waals surface area (Å²) in [6.45, 7) is 2.06. The summed E-state index contributed by atoms with van der Waals surface area (Å²) in [5, 5.41) is 0. The van der Waals surface area contributed by atoms with Crippen LogP contribution in [0.2, 0.25) is 0 Å². The Bertz CT molecular complexity index is 306. The first-order valence-electron chi connectivity index (χ1n) is 4.38. The number of hydrogen-bond acceptors (Lipinski definition) is 2. The molecule has 0 heterocycles. The molecular formula is C11H12O2. The summed E-state index contributed by atoms with van der Waals surface area (Å²) in [6.07, 6.45) is 9.58. The van der Waals surface area contributed by atoms with E-state index in [1.54, 1.807) is 6.08 Å². The summed E-state index contributed by atoms with van der Waals surface area (Å²) in [5.74, 6) is -0.206. The van der Waals surface area contributed by atoms with Crippen LogP contribution in [-0.4, -0.2) is 11.6 Å². The van der Waals surface area contributed by atoms with E-state index in [1.165, 1.54) is 18.2 Å². The number of rotatable bonds is 3. The van der Waals surface area contributed by atoms with E-state index in [2.05, 4.69) is 6.92 Å². The Balaban J connectivity index is 2.68. The van der Waals surface area contributed by atoms with E-state index in [-0.39, 0.29) is 11.6 Å². The van der Waals surface area contributed by atoms with Crippen LogP contribution < -0.4 is 0 Å². The van der Waals surface area contributed by atoms with Crippen molar-refractivity contribution < 1.29 is 9.59 Å². The van der Waals surface area contributed by atoms with Crippen LogP contribution in [0.15, 0.2) is 36.0 Å². The maximum Gasteiger partial charge on any atom is 0.186 e. The second-order valence-electron chi connectivity index (χ2n) is 2.89. The van der Waals surface area contributed by atoms with Gasteiger partial charge in [-0.3, -0.25) is 9.59 Å². The first-order chi connectivity index (χ1) is 6.24. The number of allylic oxidation sites excluding steroid dienone is 6. The zero-order valence-corrected chi connectivity index (χ0v) is 7.62. The summed E-state index contributed by atoms with van der Waals surface area (Å²) in [6, 6.07) is 0. The fourth-order valence-corrected chi connectivity index (χ4v) is 1.03. The molecule has 0 amide bonds. The van der Waals surface area contributed by atoms with Crippen molar-refractivity contribution in [1.29, 1.82) is 0 Å². The molecule has 0 saturated heterocycles. The number of ketones is 2. The maximum atomic E-state index is 11.2. The molecule has 0 spiro atoms. The monoisotopic (exact) mass is 176 g/mol. The zero-order valence-electron chi connectivity index (χ0n) is 7.62. The Hall–Kier alpha value is -1.44. The van der Waals surface area contributed by atoms with Gasteiger partial charge in [0.2, 0.25) is 0 Å². The third-order valence-corrected chi connectivity index (χ3v) is 1.73. The first kappa shape index (κ1) is 9.65. The fraction of sp³-hybridized carbons (Fsp3) is 0.273. The molecule has 0 radical (unpaired) electrons. The Morgan fingerprint density at radius 1 is 1.31 bits per heavy atom. The largest absolute Gasteiger partial charge is 0.290 e. The van der Waals surface area contributed by atoms with E-state index in [0.717, 1.165) is 12.8 Å². The van der Waals surface area contributed by atoms with E-state index < -0.39 is 0 Å². The molecule has 0 N–H and O–H groups in total. The van der Waals surface area contributed by atoms with Crippen LogP contribution in [0, 0.1) is 0 Å². The molecule has 0 aromatic heterocycles. The topological polar surface area (TPSA) is 34.1 Å². The van der Waals surface area contributed by atoms with Crippen molar-refractivity contribution in [1.82, 2.24) is 0 Å². The van der Waals surface area contributed by atoms with Crippen molar-refractivity contribution in [2.24, 2.45) is 0 Å². The van der Waals surface area contributed by atoms with Crippen molar-refractivity contribution in [2.75, 3.05) is 0 Å². The minimum Gasteiger partial charge on any atom is -0.290 e. The highest BCUT2D eigenvalue weighted by atomic mass is 16.1. The van der Waals surface area contributed by atoms with Crippen LogP contribution >= 0.6 is 0 Å². The summed E-state index contributed by atoms with van der Waals surface area (Å²) >= 11 is 0. The maximum absolute atomic E-state index is 11.2. The molecule has 0 unspecified atom stereocenters. The molecule has 68 valence electrons. The summed E-state index contributed by atoms with van der Waals surface area (Å²) in [7, 11) is 0. The van der Waals surface area contributed by atoms with Crippen molar-refractivity contribution in [3.05, 3.63) is 36.0 Å². The number of hydrogen-bond donors (Lipinski definition) is 0. The van der Waals surface area contributed by atoms with E-state index in [0.29, 0.717) is 5.57 Å². The van der Waals surface area contributed by atoms with Crippen LogP contribution in [0.4, 0.5) is 0 Å².